The number of hydrogen-bond donors (Lipinski definition) is 0. The first-order valence-electron chi connectivity index (χ1n) is 13.4. The molecule has 0 bridgehead atoms. The molecule has 1 aromatic heterocycles. The molecule has 0 unspecified atom stereocenters. The number of aromatic nitrogens is 1. The van der Waals surface area contributed by atoms with Crippen molar-refractivity contribution < 1.29 is 14.0 Å². The van der Waals surface area contributed by atoms with Crippen molar-refractivity contribution in [2.45, 2.75) is 11.4 Å². The summed E-state index contributed by atoms with van der Waals surface area (Å²) in [6.45, 7) is 2.18. The molecule has 2 heterocycles. The van der Waals surface area contributed by atoms with Crippen LogP contribution >= 0.6 is 11.8 Å². The van der Waals surface area contributed by atoms with Crippen LogP contribution in [0.3, 0.4) is 0 Å². The minimum absolute atomic E-state index is 0.609. The molecule has 0 fully saturated rings. The lowest BCUT2D eigenvalue weighted by atomic mass is 10.1. The number of benzene rings is 4. The highest BCUT2D eigenvalue weighted by Gasteiger charge is 2.24. The molecule has 0 atom stereocenters. The van der Waals surface area contributed by atoms with E-state index in [1.54, 1.807) is 18.9 Å². The fourth-order valence-electron chi connectivity index (χ4n) is 4.93. The van der Waals surface area contributed by atoms with Gasteiger partial charge >= 0.3 is 0 Å². The Morgan fingerprint density at radius 3 is 2.42 bits per heavy atom. The molecule has 198 valence electrons. The molecule has 5 aromatic rings. The van der Waals surface area contributed by atoms with E-state index in [0.29, 0.717) is 6.61 Å². The fourth-order valence-corrected chi connectivity index (χ4v) is 6.03. The van der Waals surface area contributed by atoms with Crippen molar-refractivity contribution >= 4 is 34.4 Å². The van der Waals surface area contributed by atoms with Crippen LogP contribution in [-0.4, -0.2) is 20.3 Å². The maximum atomic E-state index is 6.01. The van der Waals surface area contributed by atoms with E-state index in [2.05, 4.69) is 101 Å². The number of fused-ring (bicyclic) bond motifs is 2. The Balaban J connectivity index is 1.22. The van der Waals surface area contributed by atoms with Crippen LogP contribution in [0.4, 0.5) is 5.69 Å². The van der Waals surface area contributed by atoms with E-state index >= 15 is 0 Å². The molecule has 5 heteroatoms. The first-order chi connectivity index (χ1) is 19.8. The van der Waals surface area contributed by atoms with Gasteiger partial charge in [0.25, 0.3) is 0 Å². The van der Waals surface area contributed by atoms with E-state index in [9.17, 15) is 0 Å². The molecule has 1 aliphatic heterocycles. The van der Waals surface area contributed by atoms with Crippen molar-refractivity contribution in [3.05, 3.63) is 144 Å². The first kappa shape index (κ1) is 25.8. The summed E-state index contributed by atoms with van der Waals surface area (Å²) in [5, 5.41) is 2.42. The number of para-hydroxylation sites is 3. The van der Waals surface area contributed by atoms with Crippen LogP contribution in [0.15, 0.2) is 137 Å². The third kappa shape index (κ3) is 5.75. The lowest BCUT2D eigenvalue weighted by Crippen LogP contribution is -2.34. The predicted octanol–water partition coefficient (Wildman–Crippen LogP) is 7.73. The van der Waals surface area contributed by atoms with E-state index in [4.69, 9.17) is 9.47 Å². The van der Waals surface area contributed by atoms with Gasteiger partial charge in [-0.1, -0.05) is 66.4 Å². The second-order valence-corrected chi connectivity index (χ2v) is 10.6. The Bertz CT molecular complexity index is 1660. The zero-order valence-electron chi connectivity index (χ0n) is 22.4. The minimum atomic E-state index is 0.609. The van der Waals surface area contributed by atoms with Gasteiger partial charge in [-0.05, 0) is 66.2 Å². The summed E-state index contributed by atoms with van der Waals surface area (Å²) in [4.78, 5) is 3.62. The van der Waals surface area contributed by atoms with Gasteiger partial charge in [-0.15, -0.1) is 0 Å². The molecule has 0 saturated heterocycles. The maximum absolute atomic E-state index is 6.01. The van der Waals surface area contributed by atoms with Gasteiger partial charge < -0.3 is 14.4 Å². The lowest BCUT2D eigenvalue weighted by Gasteiger charge is -2.20. The maximum Gasteiger partial charge on any atom is 0.213 e. The van der Waals surface area contributed by atoms with Gasteiger partial charge in [0.05, 0.1) is 29.8 Å². The third-order valence-electron chi connectivity index (χ3n) is 6.95. The number of nitrogens with zero attached hydrogens (tertiary/aromatic N) is 2. The molecule has 4 nitrogen and oxygen atoms in total. The van der Waals surface area contributed by atoms with Gasteiger partial charge in [0.15, 0.2) is 12.7 Å². The van der Waals surface area contributed by atoms with Gasteiger partial charge in [-0.3, -0.25) is 0 Å². The normalized spacial score (nSPS) is 13.7. The van der Waals surface area contributed by atoms with Crippen LogP contribution in [0, 0.1) is 0 Å². The molecule has 0 radical (unpaired) electrons. The molecule has 4 aromatic carbocycles. The van der Waals surface area contributed by atoms with Crippen molar-refractivity contribution in [1.82, 2.24) is 0 Å². The molecular formula is C35H31N2O2S+. The van der Waals surface area contributed by atoms with E-state index in [-0.39, 0.29) is 0 Å². The smallest absolute Gasteiger partial charge is 0.213 e. The van der Waals surface area contributed by atoms with Crippen LogP contribution in [0.25, 0.3) is 17.0 Å². The summed E-state index contributed by atoms with van der Waals surface area (Å²) in [7, 11) is 1.70. The molecule has 0 aliphatic carbocycles. The molecule has 0 amide bonds. The van der Waals surface area contributed by atoms with Gasteiger partial charge in [0, 0.05) is 22.6 Å². The summed E-state index contributed by atoms with van der Waals surface area (Å²) >= 11 is 1.80. The van der Waals surface area contributed by atoms with Crippen molar-refractivity contribution in [3.63, 3.8) is 0 Å². The number of thioether (sulfide) groups is 1. The SMILES string of the molecule is COc1ccc(C[n+]2ccc(/C=C/C=C3\Sc4ccccc4N3CCOc3ccccc3)c3ccccc32)cc1. The van der Waals surface area contributed by atoms with E-state index in [1.165, 1.54) is 37.6 Å². The number of rotatable bonds is 9. The first-order valence-corrected chi connectivity index (χ1v) is 14.2. The van der Waals surface area contributed by atoms with Crippen molar-refractivity contribution in [1.29, 1.82) is 0 Å². The zero-order chi connectivity index (χ0) is 27.1. The van der Waals surface area contributed by atoms with E-state index in [1.807, 2.05) is 42.5 Å². The van der Waals surface area contributed by atoms with Crippen molar-refractivity contribution in [3.8, 4) is 11.5 Å². The highest BCUT2D eigenvalue weighted by molar-refractivity contribution is 8.03. The number of allylic oxidation sites excluding steroid dienone is 2. The molecule has 0 N–H and O–H groups in total. The highest BCUT2D eigenvalue weighted by Crippen LogP contribution is 2.45. The monoisotopic (exact) mass is 543 g/mol. The molecule has 40 heavy (non-hydrogen) atoms. The Hall–Kier alpha value is -4.48. The Kier molecular flexibility index (Phi) is 7.83. The Morgan fingerprint density at radius 1 is 0.800 bits per heavy atom. The lowest BCUT2D eigenvalue weighted by molar-refractivity contribution is -0.662. The average molecular weight is 544 g/mol. The zero-order valence-corrected chi connectivity index (χ0v) is 23.3. The molecule has 1 aliphatic rings. The summed E-state index contributed by atoms with van der Waals surface area (Å²) in [6.07, 6.45) is 8.75. The number of methoxy groups -OCH3 is 1. The number of ether oxygens (including phenoxy) is 2. The molecule has 6 rings (SSSR count). The van der Waals surface area contributed by atoms with Crippen molar-refractivity contribution in [2.24, 2.45) is 0 Å². The van der Waals surface area contributed by atoms with Crippen molar-refractivity contribution in [2.75, 3.05) is 25.2 Å². The summed E-state index contributed by atoms with van der Waals surface area (Å²) in [6, 6.07) is 37.6. The number of hydrogen-bond acceptors (Lipinski definition) is 4. The van der Waals surface area contributed by atoms with E-state index < -0.39 is 0 Å². The van der Waals surface area contributed by atoms with Crippen LogP contribution in [0.1, 0.15) is 11.1 Å². The number of anilines is 1. The minimum Gasteiger partial charge on any atom is -0.497 e. The Labute approximate surface area is 239 Å². The largest absolute Gasteiger partial charge is 0.497 e. The predicted molar refractivity (Wildman–Crippen MR) is 165 cm³/mol. The molecule has 0 saturated carbocycles. The average Bonchev–Trinajstić information content (AvgIpc) is 3.36. The van der Waals surface area contributed by atoms with Gasteiger partial charge in [0.1, 0.15) is 18.1 Å². The van der Waals surface area contributed by atoms with Gasteiger partial charge in [0.2, 0.25) is 5.52 Å². The van der Waals surface area contributed by atoms with Crippen LogP contribution in [0.2, 0.25) is 0 Å². The van der Waals surface area contributed by atoms with Crippen LogP contribution in [0.5, 0.6) is 11.5 Å². The summed E-state index contributed by atoms with van der Waals surface area (Å²) < 4.78 is 13.6. The number of pyridine rings is 1. The van der Waals surface area contributed by atoms with Crippen LogP contribution < -0.4 is 18.9 Å². The molecule has 0 spiro atoms. The van der Waals surface area contributed by atoms with E-state index in [0.717, 1.165) is 24.6 Å². The standard InChI is InChI=1S/C35H31N2O2S/c1-38-29-20-18-27(19-21-29)26-36-23-22-28(31-13-5-6-14-32(31)36)10-9-17-35-37(33-15-7-8-16-34(33)40-35)24-25-39-30-11-3-2-4-12-30/h2-23H,24-26H2,1H3/q+1. The third-order valence-corrected chi connectivity index (χ3v) is 8.08. The second kappa shape index (κ2) is 12.1. The summed E-state index contributed by atoms with van der Waals surface area (Å²) in [5.41, 5.74) is 4.86. The quantitative estimate of drug-likeness (QED) is 0.178. The second-order valence-electron chi connectivity index (χ2n) is 9.51. The van der Waals surface area contributed by atoms with Gasteiger partial charge in [-0.25, -0.2) is 0 Å². The van der Waals surface area contributed by atoms with Gasteiger partial charge in [-0.2, -0.15) is 4.57 Å². The topological polar surface area (TPSA) is 25.6 Å². The molecular weight excluding hydrogens is 512 g/mol. The summed E-state index contributed by atoms with van der Waals surface area (Å²) in [5.74, 6) is 1.77. The fraction of sp³-hybridized carbons (Fsp3) is 0.114. The van der Waals surface area contributed by atoms with Crippen LogP contribution in [-0.2, 0) is 6.54 Å². The highest BCUT2D eigenvalue weighted by atomic mass is 32.2. The Morgan fingerprint density at radius 2 is 1.57 bits per heavy atom.